The first-order chi connectivity index (χ1) is 10.7. The molecule has 1 N–H and O–H groups in total. The van der Waals surface area contributed by atoms with Crippen LogP contribution in [0, 0.1) is 0 Å². The Balaban J connectivity index is 1.77. The van der Waals surface area contributed by atoms with E-state index in [0.29, 0.717) is 23.9 Å². The number of amides is 1. The molecule has 0 aliphatic carbocycles. The van der Waals surface area contributed by atoms with Crippen LogP contribution in [0.15, 0.2) is 36.7 Å². The summed E-state index contributed by atoms with van der Waals surface area (Å²) >= 11 is 6.34. The van der Waals surface area contributed by atoms with E-state index < -0.39 is 0 Å². The summed E-state index contributed by atoms with van der Waals surface area (Å²) < 4.78 is 6.95. The first-order valence-electron chi connectivity index (χ1n) is 7.12. The molecule has 3 rings (SSSR count). The van der Waals surface area contributed by atoms with Gasteiger partial charge in [-0.15, -0.1) is 0 Å². The number of rotatable bonds is 4. The van der Waals surface area contributed by atoms with E-state index in [0.717, 1.165) is 18.8 Å². The zero-order chi connectivity index (χ0) is 15.4. The summed E-state index contributed by atoms with van der Waals surface area (Å²) in [5.74, 6) is -0.138. The first-order valence-corrected chi connectivity index (χ1v) is 7.50. The number of hydrogen-bond acceptors (Lipinski definition) is 4. The minimum Gasteiger partial charge on any atom is -0.378 e. The van der Waals surface area contributed by atoms with Crippen LogP contribution in [0.4, 0.5) is 11.4 Å². The Morgan fingerprint density at radius 1 is 1.32 bits per heavy atom. The molecular weight excluding hydrogens is 304 g/mol. The van der Waals surface area contributed by atoms with Crippen LogP contribution in [0.1, 0.15) is 0 Å². The molecule has 7 heteroatoms. The molecule has 0 saturated carbocycles. The third-order valence-electron chi connectivity index (χ3n) is 3.45. The van der Waals surface area contributed by atoms with E-state index in [-0.39, 0.29) is 12.5 Å². The summed E-state index contributed by atoms with van der Waals surface area (Å²) in [7, 11) is 0. The Bertz CT molecular complexity index is 639. The number of nitrogens with one attached hydrogen (secondary N) is 1. The molecule has 0 bridgehead atoms. The predicted octanol–water partition coefficient (Wildman–Crippen LogP) is 2.01. The van der Waals surface area contributed by atoms with Crippen molar-refractivity contribution < 1.29 is 9.53 Å². The molecule has 2 heterocycles. The molecule has 0 spiro atoms. The second-order valence-electron chi connectivity index (χ2n) is 4.99. The number of benzene rings is 1. The summed E-state index contributed by atoms with van der Waals surface area (Å²) in [5, 5.41) is 7.57. The fourth-order valence-corrected chi connectivity index (χ4v) is 2.75. The lowest BCUT2D eigenvalue weighted by molar-refractivity contribution is -0.116. The van der Waals surface area contributed by atoms with E-state index in [9.17, 15) is 4.79 Å². The van der Waals surface area contributed by atoms with Gasteiger partial charge < -0.3 is 15.0 Å². The highest BCUT2D eigenvalue weighted by atomic mass is 35.5. The van der Waals surface area contributed by atoms with Gasteiger partial charge in [0.15, 0.2) is 0 Å². The minimum atomic E-state index is -0.138. The largest absolute Gasteiger partial charge is 0.378 e. The first kappa shape index (κ1) is 14.9. The molecule has 1 fully saturated rings. The molecule has 116 valence electrons. The molecule has 0 atom stereocenters. The highest BCUT2D eigenvalue weighted by molar-refractivity contribution is 6.34. The molecule has 2 aromatic rings. The number of morpholine rings is 1. The van der Waals surface area contributed by atoms with Gasteiger partial charge in [0.1, 0.15) is 6.54 Å². The van der Waals surface area contributed by atoms with Crippen molar-refractivity contribution in [3.05, 3.63) is 41.7 Å². The monoisotopic (exact) mass is 320 g/mol. The predicted molar refractivity (Wildman–Crippen MR) is 85.3 cm³/mol. The lowest BCUT2D eigenvalue weighted by Crippen LogP contribution is -2.37. The lowest BCUT2D eigenvalue weighted by Gasteiger charge is -2.31. The quantitative estimate of drug-likeness (QED) is 0.936. The van der Waals surface area contributed by atoms with Crippen LogP contribution >= 0.6 is 11.6 Å². The Kier molecular flexibility index (Phi) is 4.60. The van der Waals surface area contributed by atoms with E-state index in [1.54, 1.807) is 23.1 Å². The van der Waals surface area contributed by atoms with Gasteiger partial charge in [-0.25, -0.2) is 0 Å². The Morgan fingerprint density at radius 2 is 2.14 bits per heavy atom. The number of carbonyl (C=O) groups is 1. The van der Waals surface area contributed by atoms with Gasteiger partial charge in [-0.1, -0.05) is 17.7 Å². The molecule has 1 aliphatic rings. The summed E-state index contributed by atoms with van der Waals surface area (Å²) in [6, 6.07) is 7.30. The smallest absolute Gasteiger partial charge is 0.246 e. The van der Waals surface area contributed by atoms with Crippen molar-refractivity contribution in [2.75, 3.05) is 36.5 Å². The fourth-order valence-electron chi connectivity index (χ4n) is 2.46. The number of ether oxygens (including phenoxy) is 1. The van der Waals surface area contributed by atoms with E-state index in [2.05, 4.69) is 15.3 Å². The van der Waals surface area contributed by atoms with E-state index in [1.165, 1.54) is 0 Å². The lowest BCUT2D eigenvalue weighted by atomic mass is 10.2. The summed E-state index contributed by atoms with van der Waals surface area (Å²) in [4.78, 5) is 14.3. The molecule has 0 unspecified atom stereocenters. The van der Waals surface area contributed by atoms with Crippen LogP contribution in [0.25, 0.3) is 0 Å². The second kappa shape index (κ2) is 6.81. The Morgan fingerprint density at radius 3 is 2.86 bits per heavy atom. The van der Waals surface area contributed by atoms with Crippen molar-refractivity contribution in [2.24, 2.45) is 0 Å². The van der Waals surface area contributed by atoms with Crippen LogP contribution in [0.3, 0.4) is 0 Å². The van der Waals surface area contributed by atoms with Crippen LogP contribution < -0.4 is 10.2 Å². The average molecular weight is 321 g/mol. The van der Waals surface area contributed by atoms with Crippen LogP contribution in [0.2, 0.25) is 5.02 Å². The standard InChI is InChI=1S/C15H17ClN4O2/c16-12-3-1-4-13(15(12)19-7-9-22-10-8-19)18-14(21)11-20-6-2-5-17-20/h1-6H,7-11H2,(H,18,21). The van der Waals surface area contributed by atoms with Crippen LogP contribution in [0.5, 0.6) is 0 Å². The number of aromatic nitrogens is 2. The maximum absolute atomic E-state index is 12.2. The molecule has 1 aromatic carbocycles. The van der Waals surface area contributed by atoms with Gasteiger partial charge in [0.25, 0.3) is 0 Å². The second-order valence-corrected chi connectivity index (χ2v) is 5.39. The Labute approximate surface area is 133 Å². The third-order valence-corrected chi connectivity index (χ3v) is 3.76. The van der Waals surface area contributed by atoms with Gasteiger partial charge in [-0.05, 0) is 18.2 Å². The molecule has 1 saturated heterocycles. The highest BCUT2D eigenvalue weighted by Crippen LogP contribution is 2.34. The number of anilines is 2. The van der Waals surface area contributed by atoms with E-state index in [4.69, 9.17) is 16.3 Å². The number of nitrogens with zero attached hydrogens (tertiary/aromatic N) is 3. The SMILES string of the molecule is O=C(Cn1cccn1)Nc1cccc(Cl)c1N1CCOCC1. The summed E-state index contributed by atoms with van der Waals surface area (Å²) in [6.07, 6.45) is 3.40. The molecule has 22 heavy (non-hydrogen) atoms. The average Bonchev–Trinajstić information content (AvgIpc) is 3.01. The molecule has 1 aliphatic heterocycles. The van der Waals surface area contributed by atoms with Crippen molar-refractivity contribution in [1.29, 1.82) is 0 Å². The number of para-hydroxylation sites is 1. The molecule has 1 aromatic heterocycles. The fraction of sp³-hybridized carbons (Fsp3) is 0.333. The van der Waals surface area contributed by atoms with Gasteiger partial charge in [0.05, 0.1) is 29.6 Å². The maximum atomic E-state index is 12.2. The van der Waals surface area contributed by atoms with E-state index >= 15 is 0 Å². The van der Waals surface area contributed by atoms with Gasteiger partial charge in [-0.2, -0.15) is 5.10 Å². The van der Waals surface area contributed by atoms with Crippen molar-refractivity contribution in [2.45, 2.75) is 6.54 Å². The van der Waals surface area contributed by atoms with Crippen LogP contribution in [-0.2, 0) is 16.1 Å². The minimum absolute atomic E-state index is 0.138. The van der Waals surface area contributed by atoms with Crippen LogP contribution in [-0.4, -0.2) is 42.0 Å². The summed E-state index contributed by atoms with van der Waals surface area (Å²) in [5.41, 5.74) is 1.56. The van der Waals surface area contributed by atoms with Crippen molar-refractivity contribution in [1.82, 2.24) is 9.78 Å². The zero-order valence-corrected chi connectivity index (χ0v) is 12.8. The van der Waals surface area contributed by atoms with Gasteiger partial charge in [0, 0.05) is 25.5 Å². The van der Waals surface area contributed by atoms with E-state index in [1.807, 2.05) is 18.2 Å². The topological polar surface area (TPSA) is 59.4 Å². The number of halogens is 1. The highest BCUT2D eigenvalue weighted by Gasteiger charge is 2.19. The number of hydrogen-bond donors (Lipinski definition) is 1. The van der Waals surface area contributed by atoms with Gasteiger partial charge in [-0.3, -0.25) is 9.48 Å². The summed E-state index contributed by atoms with van der Waals surface area (Å²) in [6.45, 7) is 3.00. The van der Waals surface area contributed by atoms with Crippen molar-refractivity contribution in [3.63, 3.8) is 0 Å². The third kappa shape index (κ3) is 3.40. The Hall–Kier alpha value is -2.05. The molecule has 0 radical (unpaired) electrons. The zero-order valence-electron chi connectivity index (χ0n) is 12.0. The molecule has 6 nitrogen and oxygen atoms in total. The maximum Gasteiger partial charge on any atom is 0.246 e. The van der Waals surface area contributed by atoms with Crippen molar-refractivity contribution >= 4 is 28.9 Å². The normalized spacial score (nSPS) is 14.9. The molecule has 1 amide bonds. The molecular formula is C15H17ClN4O2. The van der Waals surface area contributed by atoms with Gasteiger partial charge in [0.2, 0.25) is 5.91 Å². The van der Waals surface area contributed by atoms with Crippen molar-refractivity contribution in [3.8, 4) is 0 Å². The number of carbonyl (C=O) groups excluding carboxylic acids is 1. The van der Waals surface area contributed by atoms with Gasteiger partial charge >= 0.3 is 0 Å².